The average molecular weight is 218 g/mol. The molecule has 0 aromatic carbocycles. The van der Waals surface area contributed by atoms with Gasteiger partial charge in [-0.25, -0.2) is 0 Å². The molecule has 0 radical (unpaired) electrons. The van der Waals surface area contributed by atoms with E-state index in [0.717, 1.165) is 6.54 Å². The van der Waals surface area contributed by atoms with Gasteiger partial charge in [-0.05, 0) is 39.7 Å². The van der Waals surface area contributed by atoms with Crippen LogP contribution in [0.4, 0.5) is 5.69 Å². The first-order valence-electron chi connectivity index (χ1n) is 3.37. The minimum Gasteiger partial charge on any atom is -0.383 e. The monoisotopic (exact) mass is 217 g/mol. The first kappa shape index (κ1) is 6.68. The van der Waals surface area contributed by atoms with Crippen LogP contribution in [0.2, 0.25) is 0 Å². The summed E-state index contributed by atoms with van der Waals surface area (Å²) in [6.45, 7) is 1.13. The second-order valence-electron chi connectivity index (χ2n) is 2.44. The summed E-state index contributed by atoms with van der Waals surface area (Å²) in [5.74, 6) is 0. The van der Waals surface area contributed by atoms with Crippen LogP contribution in [0, 0.1) is 0 Å². The van der Waals surface area contributed by atoms with Gasteiger partial charge in [-0.2, -0.15) is 0 Å². The maximum absolute atomic E-state index is 3.51. The molecule has 54 valence electrons. The minimum absolute atomic E-state index is 1.13. The van der Waals surface area contributed by atoms with Crippen LogP contribution in [0.25, 0.3) is 0 Å². The second-order valence-corrected chi connectivity index (χ2v) is 4.64. The van der Waals surface area contributed by atoms with E-state index in [2.05, 4.69) is 26.6 Å². The molecule has 1 aromatic heterocycles. The van der Waals surface area contributed by atoms with Gasteiger partial charge in [-0.1, -0.05) is 0 Å². The van der Waals surface area contributed by atoms with Crippen LogP contribution in [0.5, 0.6) is 0 Å². The molecule has 1 aromatic rings. The number of nitrogens with one attached hydrogen (secondary N) is 1. The third kappa shape index (κ3) is 0.974. The van der Waals surface area contributed by atoms with Gasteiger partial charge >= 0.3 is 0 Å². The Bertz CT molecular complexity index is 244. The number of fused-ring (bicyclic) bond motifs is 1. The van der Waals surface area contributed by atoms with Crippen molar-refractivity contribution >= 4 is 33.0 Å². The van der Waals surface area contributed by atoms with Crippen LogP contribution in [0.15, 0.2) is 9.17 Å². The molecule has 0 bridgehead atoms. The molecule has 0 unspecified atom stereocenters. The molecular formula is C7H8BrNS. The van der Waals surface area contributed by atoms with Gasteiger partial charge in [0.2, 0.25) is 0 Å². The standard InChI is InChI=1S/C7H8BrNS/c8-7-6-5(4-10-7)2-1-3-9-6/h4,9H,1-3H2. The predicted molar refractivity (Wildman–Crippen MR) is 48.8 cm³/mol. The molecule has 10 heavy (non-hydrogen) atoms. The number of rotatable bonds is 0. The van der Waals surface area contributed by atoms with E-state index in [4.69, 9.17) is 0 Å². The Morgan fingerprint density at radius 1 is 1.60 bits per heavy atom. The normalized spacial score (nSPS) is 16.1. The molecule has 0 aliphatic carbocycles. The van der Waals surface area contributed by atoms with Crippen molar-refractivity contribution in [1.29, 1.82) is 0 Å². The van der Waals surface area contributed by atoms with Gasteiger partial charge in [0.15, 0.2) is 0 Å². The van der Waals surface area contributed by atoms with Crippen LogP contribution < -0.4 is 5.32 Å². The van der Waals surface area contributed by atoms with Gasteiger partial charge in [0.1, 0.15) is 0 Å². The highest BCUT2D eigenvalue weighted by molar-refractivity contribution is 9.11. The Morgan fingerprint density at radius 3 is 3.30 bits per heavy atom. The van der Waals surface area contributed by atoms with Crippen molar-refractivity contribution in [2.75, 3.05) is 11.9 Å². The zero-order valence-electron chi connectivity index (χ0n) is 5.48. The third-order valence-corrected chi connectivity index (χ3v) is 3.52. The highest BCUT2D eigenvalue weighted by Gasteiger charge is 2.12. The minimum atomic E-state index is 1.13. The molecule has 0 atom stereocenters. The Labute approximate surface area is 72.6 Å². The molecule has 2 rings (SSSR count). The van der Waals surface area contributed by atoms with Gasteiger partial charge in [-0.15, -0.1) is 11.3 Å². The molecule has 0 fully saturated rings. The maximum atomic E-state index is 3.51. The molecule has 1 nitrogen and oxygen atoms in total. The molecule has 1 aliphatic rings. The van der Waals surface area contributed by atoms with Crippen molar-refractivity contribution in [3.8, 4) is 0 Å². The van der Waals surface area contributed by atoms with Gasteiger partial charge < -0.3 is 5.32 Å². The van der Waals surface area contributed by atoms with Crippen LogP contribution in [-0.4, -0.2) is 6.54 Å². The van der Waals surface area contributed by atoms with Crippen LogP contribution in [0.1, 0.15) is 12.0 Å². The Morgan fingerprint density at radius 2 is 2.50 bits per heavy atom. The summed E-state index contributed by atoms with van der Waals surface area (Å²) in [6, 6.07) is 0. The maximum Gasteiger partial charge on any atom is 0.0932 e. The fraction of sp³-hybridized carbons (Fsp3) is 0.429. The number of halogens is 1. The first-order chi connectivity index (χ1) is 4.88. The SMILES string of the molecule is Brc1scc2c1NCCC2. The van der Waals surface area contributed by atoms with E-state index in [1.54, 1.807) is 11.3 Å². The summed E-state index contributed by atoms with van der Waals surface area (Å²) in [5.41, 5.74) is 2.80. The second kappa shape index (κ2) is 2.55. The molecule has 0 spiro atoms. The molecular weight excluding hydrogens is 210 g/mol. The highest BCUT2D eigenvalue weighted by Crippen LogP contribution is 2.35. The number of thiophene rings is 1. The van der Waals surface area contributed by atoms with E-state index in [1.165, 1.54) is 27.9 Å². The van der Waals surface area contributed by atoms with E-state index in [0.29, 0.717) is 0 Å². The molecule has 1 N–H and O–H groups in total. The zero-order valence-corrected chi connectivity index (χ0v) is 7.89. The zero-order chi connectivity index (χ0) is 6.97. The number of aryl methyl sites for hydroxylation is 1. The lowest BCUT2D eigenvalue weighted by Crippen LogP contribution is -2.09. The summed E-state index contributed by atoms with van der Waals surface area (Å²) >= 11 is 5.28. The van der Waals surface area contributed by atoms with Crippen LogP contribution in [0.3, 0.4) is 0 Å². The van der Waals surface area contributed by atoms with Gasteiger partial charge in [-0.3, -0.25) is 0 Å². The Kier molecular flexibility index (Phi) is 1.70. The Hall–Kier alpha value is -0.0200. The fourth-order valence-electron chi connectivity index (χ4n) is 1.23. The van der Waals surface area contributed by atoms with E-state index >= 15 is 0 Å². The van der Waals surface area contributed by atoms with Gasteiger partial charge in [0.25, 0.3) is 0 Å². The lowest BCUT2D eigenvalue weighted by molar-refractivity contribution is 0.834. The average Bonchev–Trinajstić information content (AvgIpc) is 2.34. The summed E-state index contributed by atoms with van der Waals surface area (Å²) < 4.78 is 1.25. The van der Waals surface area contributed by atoms with Crippen LogP contribution >= 0.6 is 27.3 Å². The predicted octanol–water partition coefficient (Wildman–Crippen LogP) is 2.87. The number of hydrogen-bond acceptors (Lipinski definition) is 2. The van der Waals surface area contributed by atoms with E-state index in [1.807, 2.05) is 0 Å². The van der Waals surface area contributed by atoms with E-state index in [9.17, 15) is 0 Å². The van der Waals surface area contributed by atoms with Crippen molar-refractivity contribution in [2.45, 2.75) is 12.8 Å². The van der Waals surface area contributed by atoms with Crippen molar-refractivity contribution in [3.05, 3.63) is 14.7 Å². The Balaban J connectivity index is 2.45. The summed E-state index contributed by atoms with van der Waals surface area (Å²) in [5, 5.41) is 5.60. The van der Waals surface area contributed by atoms with Crippen molar-refractivity contribution in [2.24, 2.45) is 0 Å². The summed E-state index contributed by atoms with van der Waals surface area (Å²) in [7, 11) is 0. The molecule has 0 saturated carbocycles. The largest absolute Gasteiger partial charge is 0.383 e. The van der Waals surface area contributed by atoms with Gasteiger partial charge in [0, 0.05) is 6.54 Å². The number of hydrogen-bond donors (Lipinski definition) is 1. The molecule has 0 saturated heterocycles. The van der Waals surface area contributed by atoms with Crippen LogP contribution in [-0.2, 0) is 6.42 Å². The van der Waals surface area contributed by atoms with Crippen molar-refractivity contribution in [3.63, 3.8) is 0 Å². The number of anilines is 1. The summed E-state index contributed by atoms with van der Waals surface area (Å²) in [4.78, 5) is 0. The molecule has 3 heteroatoms. The molecule has 0 amide bonds. The van der Waals surface area contributed by atoms with Crippen molar-refractivity contribution in [1.82, 2.24) is 0 Å². The van der Waals surface area contributed by atoms with Gasteiger partial charge in [0.05, 0.1) is 9.47 Å². The van der Waals surface area contributed by atoms with Crippen molar-refractivity contribution < 1.29 is 0 Å². The highest BCUT2D eigenvalue weighted by atomic mass is 79.9. The lowest BCUT2D eigenvalue weighted by Gasteiger charge is -2.13. The third-order valence-electron chi connectivity index (χ3n) is 1.75. The topological polar surface area (TPSA) is 12.0 Å². The molecule has 1 aliphatic heterocycles. The lowest BCUT2D eigenvalue weighted by atomic mass is 10.1. The summed E-state index contributed by atoms with van der Waals surface area (Å²) in [6.07, 6.45) is 2.51. The van der Waals surface area contributed by atoms with E-state index < -0.39 is 0 Å². The quantitative estimate of drug-likeness (QED) is 0.705. The molecule has 2 heterocycles. The smallest absolute Gasteiger partial charge is 0.0932 e. The van der Waals surface area contributed by atoms with E-state index in [-0.39, 0.29) is 0 Å². The fourth-order valence-corrected chi connectivity index (χ4v) is 2.70. The first-order valence-corrected chi connectivity index (χ1v) is 5.05.